The van der Waals surface area contributed by atoms with Crippen LogP contribution in [0.15, 0.2) is 42.6 Å². The maximum atomic E-state index is 13.7. The van der Waals surface area contributed by atoms with Gasteiger partial charge in [-0.05, 0) is 29.8 Å². The quantitative estimate of drug-likeness (QED) is 0.543. The van der Waals surface area contributed by atoms with Crippen LogP contribution in [0, 0.1) is 0 Å². The Bertz CT molecular complexity index is 1270. The highest BCUT2D eigenvalue weighted by molar-refractivity contribution is 5.94. The Morgan fingerprint density at radius 3 is 2.63 bits per heavy atom. The number of carbonyl (C=O) groups is 2. The number of alkyl halides is 3. The number of amides is 2. The number of halogens is 3. The van der Waals surface area contributed by atoms with E-state index in [0.717, 1.165) is 17.2 Å². The van der Waals surface area contributed by atoms with E-state index in [0.29, 0.717) is 11.6 Å². The van der Waals surface area contributed by atoms with Gasteiger partial charge in [0.2, 0.25) is 5.91 Å². The van der Waals surface area contributed by atoms with Crippen LogP contribution in [0.4, 0.5) is 19.0 Å². The zero-order valence-corrected chi connectivity index (χ0v) is 19.2. The average Bonchev–Trinajstić information content (AvgIpc) is 3.29. The van der Waals surface area contributed by atoms with Crippen molar-refractivity contribution in [2.75, 3.05) is 26.5 Å². The number of rotatable bonds is 6. The molecule has 0 bridgehead atoms. The molecule has 184 valence electrons. The van der Waals surface area contributed by atoms with E-state index in [9.17, 15) is 22.8 Å². The van der Waals surface area contributed by atoms with Gasteiger partial charge in [0.15, 0.2) is 11.5 Å². The highest BCUT2D eigenvalue weighted by Gasteiger charge is 2.34. The number of hydrogen-bond acceptors (Lipinski definition) is 5. The molecule has 4 rings (SSSR count). The number of aromatic nitrogens is 2. The van der Waals surface area contributed by atoms with Gasteiger partial charge in [-0.25, -0.2) is 0 Å². The summed E-state index contributed by atoms with van der Waals surface area (Å²) in [6.07, 6.45) is -2.82. The highest BCUT2D eigenvalue weighted by Crippen LogP contribution is 2.40. The van der Waals surface area contributed by atoms with E-state index in [1.165, 1.54) is 38.2 Å². The molecule has 0 radical (unpaired) electrons. The first-order valence-corrected chi connectivity index (χ1v) is 10.6. The van der Waals surface area contributed by atoms with Crippen molar-refractivity contribution in [1.82, 2.24) is 15.1 Å². The van der Waals surface area contributed by atoms with Crippen LogP contribution in [-0.2, 0) is 17.6 Å². The fraction of sp³-hybridized carbons (Fsp3) is 0.292. The summed E-state index contributed by atoms with van der Waals surface area (Å²) in [6, 6.07) is 8.44. The third-order valence-corrected chi connectivity index (χ3v) is 5.74. The minimum absolute atomic E-state index is 0.0665. The maximum absolute atomic E-state index is 13.7. The Morgan fingerprint density at radius 1 is 1.17 bits per heavy atom. The van der Waals surface area contributed by atoms with Gasteiger partial charge in [-0.1, -0.05) is 12.1 Å². The van der Waals surface area contributed by atoms with Crippen LogP contribution in [0.3, 0.4) is 0 Å². The first-order valence-electron chi connectivity index (χ1n) is 10.6. The van der Waals surface area contributed by atoms with Crippen molar-refractivity contribution in [1.29, 1.82) is 0 Å². The van der Waals surface area contributed by atoms with Crippen molar-refractivity contribution in [2.24, 2.45) is 0 Å². The number of aromatic amines is 1. The first kappa shape index (κ1) is 24.1. The maximum Gasteiger partial charge on any atom is 0.416 e. The van der Waals surface area contributed by atoms with Crippen LogP contribution in [-0.4, -0.2) is 48.1 Å². The number of anilines is 1. The Hall–Kier alpha value is -4.02. The number of methoxy groups -OCH3 is 1. The highest BCUT2D eigenvalue weighted by atomic mass is 19.4. The molecule has 1 aliphatic heterocycles. The van der Waals surface area contributed by atoms with Crippen molar-refractivity contribution in [3.63, 3.8) is 0 Å². The third kappa shape index (κ3) is 4.93. The van der Waals surface area contributed by atoms with E-state index in [1.54, 1.807) is 24.4 Å². The molecule has 2 amide bonds. The predicted octanol–water partition coefficient (Wildman–Crippen LogP) is 4.19. The second kappa shape index (κ2) is 9.32. The minimum atomic E-state index is -4.67. The van der Waals surface area contributed by atoms with Gasteiger partial charge in [0.1, 0.15) is 12.4 Å². The largest absolute Gasteiger partial charge is 0.493 e. The lowest BCUT2D eigenvalue weighted by molar-refractivity contribution is -0.138. The first-order chi connectivity index (χ1) is 16.6. The molecule has 8 nitrogen and oxygen atoms in total. The molecule has 2 heterocycles. The van der Waals surface area contributed by atoms with Gasteiger partial charge in [-0.3, -0.25) is 14.7 Å². The summed E-state index contributed by atoms with van der Waals surface area (Å²) < 4.78 is 52.2. The lowest BCUT2D eigenvalue weighted by Crippen LogP contribution is -2.23. The Kier molecular flexibility index (Phi) is 6.42. The van der Waals surface area contributed by atoms with Gasteiger partial charge in [-0.2, -0.15) is 18.3 Å². The second-order valence-electron chi connectivity index (χ2n) is 8.27. The molecule has 2 aromatic carbocycles. The molecule has 0 spiro atoms. The van der Waals surface area contributed by atoms with Crippen molar-refractivity contribution in [3.8, 4) is 11.5 Å². The fourth-order valence-corrected chi connectivity index (χ4v) is 3.98. The molecule has 0 aliphatic carbocycles. The Balaban J connectivity index is 1.59. The summed E-state index contributed by atoms with van der Waals surface area (Å²) in [5.74, 6) is 0.122. The molecule has 0 saturated heterocycles. The number of nitrogens with one attached hydrogen (secondary N) is 2. The number of nitrogens with zero attached hydrogens (tertiary/aromatic N) is 2. The molecule has 2 N–H and O–H groups in total. The molecule has 11 heteroatoms. The molecule has 1 aliphatic rings. The molecule has 0 saturated carbocycles. The number of benzene rings is 2. The predicted molar refractivity (Wildman–Crippen MR) is 120 cm³/mol. The normalized spacial score (nSPS) is 15.3. The molecular formula is C24H23F3N4O4. The van der Waals surface area contributed by atoms with Crippen molar-refractivity contribution in [2.45, 2.75) is 25.1 Å². The van der Waals surface area contributed by atoms with Crippen LogP contribution >= 0.6 is 0 Å². The summed E-state index contributed by atoms with van der Waals surface area (Å²) in [7, 11) is 4.36. The monoisotopic (exact) mass is 488 g/mol. The number of fused-ring (bicyclic) bond motifs is 1. The average molecular weight is 488 g/mol. The van der Waals surface area contributed by atoms with Gasteiger partial charge < -0.3 is 19.7 Å². The van der Waals surface area contributed by atoms with E-state index in [-0.39, 0.29) is 35.1 Å². The number of hydrogen-bond donors (Lipinski definition) is 2. The Labute approximate surface area is 199 Å². The van der Waals surface area contributed by atoms with Crippen LogP contribution in [0.25, 0.3) is 0 Å². The van der Waals surface area contributed by atoms with E-state index in [4.69, 9.17) is 9.47 Å². The number of ether oxygens (including phenoxy) is 2. The van der Waals surface area contributed by atoms with E-state index in [1.807, 2.05) is 0 Å². The summed E-state index contributed by atoms with van der Waals surface area (Å²) in [5.41, 5.74) is 0.465. The molecule has 1 aromatic heterocycles. The third-order valence-electron chi connectivity index (χ3n) is 5.74. The van der Waals surface area contributed by atoms with Crippen LogP contribution in [0.1, 0.15) is 45.0 Å². The number of carbonyl (C=O) groups excluding carboxylic acids is 2. The van der Waals surface area contributed by atoms with Gasteiger partial charge >= 0.3 is 6.18 Å². The van der Waals surface area contributed by atoms with Crippen molar-refractivity contribution in [3.05, 3.63) is 70.4 Å². The van der Waals surface area contributed by atoms with Crippen LogP contribution in [0.5, 0.6) is 11.5 Å². The molecule has 1 atom stereocenters. The van der Waals surface area contributed by atoms with Gasteiger partial charge in [0.25, 0.3) is 5.91 Å². The molecule has 1 unspecified atom stereocenters. The van der Waals surface area contributed by atoms with Crippen LogP contribution in [0.2, 0.25) is 0 Å². The summed E-state index contributed by atoms with van der Waals surface area (Å²) in [6.45, 7) is -0.390. The van der Waals surface area contributed by atoms with E-state index < -0.39 is 24.3 Å². The fourth-order valence-electron chi connectivity index (χ4n) is 3.98. The topological polar surface area (TPSA) is 96.5 Å². The summed E-state index contributed by atoms with van der Waals surface area (Å²) >= 11 is 0. The van der Waals surface area contributed by atoms with Gasteiger partial charge in [0, 0.05) is 43.1 Å². The van der Waals surface area contributed by atoms with Crippen LogP contribution < -0.4 is 14.8 Å². The van der Waals surface area contributed by atoms with E-state index in [2.05, 4.69) is 15.5 Å². The second-order valence-corrected chi connectivity index (χ2v) is 8.27. The molecule has 3 aromatic rings. The Morgan fingerprint density at radius 2 is 1.94 bits per heavy atom. The lowest BCUT2D eigenvalue weighted by Gasteiger charge is -2.23. The smallest absolute Gasteiger partial charge is 0.416 e. The molecular weight excluding hydrogens is 465 g/mol. The minimum Gasteiger partial charge on any atom is -0.493 e. The van der Waals surface area contributed by atoms with E-state index >= 15 is 0 Å². The van der Waals surface area contributed by atoms with Crippen molar-refractivity contribution >= 4 is 17.6 Å². The van der Waals surface area contributed by atoms with Crippen molar-refractivity contribution < 1.29 is 32.2 Å². The zero-order chi connectivity index (χ0) is 25.3. The van der Waals surface area contributed by atoms with Gasteiger partial charge in [-0.15, -0.1) is 0 Å². The lowest BCUT2D eigenvalue weighted by atomic mass is 9.87. The standard InChI is InChI=1S/C24H23F3N4O4/c1-31(2)23(33)14-4-5-15(18(8-14)24(25,26)27)12-35-19-7-6-13(9-20(19)34-3)16-10-21(32)29-22-17(16)11-28-30-22/h4-9,11,16H,10,12H2,1-3H3,(H2,28,29,30,32). The molecule has 0 fully saturated rings. The summed E-state index contributed by atoms with van der Waals surface area (Å²) in [4.78, 5) is 25.4. The summed E-state index contributed by atoms with van der Waals surface area (Å²) in [5, 5.41) is 9.45. The molecule has 35 heavy (non-hydrogen) atoms. The SMILES string of the molecule is COc1cc(C2CC(=O)Nc3[nH]ncc32)ccc1OCc1ccc(C(=O)N(C)C)cc1C(F)(F)F. The van der Waals surface area contributed by atoms with Gasteiger partial charge in [0.05, 0.1) is 18.9 Å². The zero-order valence-electron chi connectivity index (χ0n) is 19.2. The number of H-pyrrole nitrogens is 1.